The summed E-state index contributed by atoms with van der Waals surface area (Å²) in [7, 11) is 3.13. The smallest absolute Gasteiger partial charge is 0.248 e. The maximum Gasteiger partial charge on any atom is 0.248 e. The number of nitrogens with one attached hydrogen (secondary N) is 1. The second-order valence-electron chi connectivity index (χ2n) is 8.46. The van der Waals surface area contributed by atoms with Crippen molar-refractivity contribution >= 4 is 17.8 Å². The summed E-state index contributed by atoms with van der Waals surface area (Å²) >= 11 is 0. The Hall–Kier alpha value is -3.09. The van der Waals surface area contributed by atoms with E-state index in [2.05, 4.69) is 10.3 Å². The first kappa shape index (κ1) is 24.6. The third kappa shape index (κ3) is 7.20. The summed E-state index contributed by atoms with van der Waals surface area (Å²) in [6, 6.07) is 9.33. The number of methoxy groups -OCH3 is 1. The van der Waals surface area contributed by atoms with Crippen LogP contribution in [0.15, 0.2) is 42.6 Å². The molecule has 0 radical (unpaired) electrons. The highest BCUT2D eigenvalue weighted by molar-refractivity contribution is 5.95. The number of alkyl halides is 2. The molecule has 2 aromatic rings. The third-order valence-corrected chi connectivity index (χ3v) is 5.99. The van der Waals surface area contributed by atoms with Gasteiger partial charge in [0.25, 0.3) is 0 Å². The number of aryl methyl sites for hydroxylation is 1. The maximum absolute atomic E-state index is 13.4. The van der Waals surface area contributed by atoms with Crippen LogP contribution in [0.2, 0.25) is 0 Å². The van der Waals surface area contributed by atoms with Crippen LogP contribution in [0.25, 0.3) is 6.08 Å². The topological polar surface area (TPSA) is 68.3 Å². The highest BCUT2D eigenvalue weighted by Crippen LogP contribution is 2.37. The molecule has 1 N–H and O–H groups in total. The van der Waals surface area contributed by atoms with Crippen molar-refractivity contribution in [1.82, 2.24) is 10.3 Å². The molecule has 7 heteroatoms. The van der Waals surface area contributed by atoms with Crippen molar-refractivity contribution in [3.8, 4) is 5.75 Å². The van der Waals surface area contributed by atoms with Gasteiger partial charge in [0.05, 0.1) is 19.7 Å². The highest BCUT2D eigenvalue weighted by Gasteiger charge is 2.33. The summed E-state index contributed by atoms with van der Waals surface area (Å²) in [5.74, 6) is -2.09. The number of hydrogen-bond donors (Lipinski definition) is 1. The number of Topliss-reactive ketones (excluding diaryl/α,β-unsaturated/α-hetero) is 1. The van der Waals surface area contributed by atoms with Crippen molar-refractivity contribution in [3.63, 3.8) is 0 Å². The lowest BCUT2D eigenvalue weighted by atomic mass is 9.86. The number of likely N-dealkylation sites (N-methyl/N-ethyl adjacent to an activating group) is 1. The predicted octanol–water partition coefficient (Wildman–Crippen LogP) is 5.03. The molecule has 1 aromatic heterocycles. The SMILES string of the molecule is CNC(=O)Cc1cccc(CCC(=O)c2cc(/C=C/C3CCC(F)(F)CC3)c(OC)cn2)c1. The molecule has 0 unspecified atom stereocenters. The number of halogens is 2. The molecule has 1 aliphatic rings. The number of ether oxygens (including phenoxy) is 1. The van der Waals surface area contributed by atoms with E-state index in [1.54, 1.807) is 13.1 Å². The van der Waals surface area contributed by atoms with Crippen molar-refractivity contribution in [1.29, 1.82) is 0 Å². The summed E-state index contributed by atoms with van der Waals surface area (Å²) in [4.78, 5) is 28.6. The Bertz CT molecular complexity index is 1010. The second-order valence-corrected chi connectivity index (χ2v) is 8.46. The van der Waals surface area contributed by atoms with Gasteiger partial charge in [0, 0.05) is 31.9 Å². The molecule has 1 aromatic carbocycles. The molecule has 33 heavy (non-hydrogen) atoms. The van der Waals surface area contributed by atoms with Crippen molar-refractivity contribution in [2.45, 2.75) is 50.9 Å². The van der Waals surface area contributed by atoms with Gasteiger partial charge in [-0.25, -0.2) is 13.8 Å². The van der Waals surface area contributed by atoms with Crippen LogP contribution in [-0.2, 0) is 17.6 Å². The average molecular weight is 457 g/mol. The first-order chi connectivity index (χ1) is 15.8. The normalized spacial score (nSPS) is 16.0. The van der Waals surface area contributed by atoms with Crippen LogP contribution in [-0.4, -0.2) is 36.8 Å². The number of carbonyl (C=O) groups is 2. The fraction of sp³-hybridized carbons (Fsp3) is 0.423. The monoisotopic (exact) mass is 456 g/mol. The summed E-state index contributed by atoms with van der Waals surface area (Å²) in [5, 5.41) is 2.60. The lowest BCUT2D eigenvalue weighted by Crippen LogP contribution is -2.23. The minimum atomic E-state index is -2.56. The maximum atomic E-state index is 13.4. The van der Waals surface area contributed by atoms with Gasteiger partial charge >= 0.3 is 0 Å². The van der Waals surface area contributed by atoms with Gasteiger partial charge in [-0.3, -0.25) is 9.59 Å². The zero-order chi connectivity index (χ0) is 23.8. The van der Waals surface area contributed by atoms with E-state index in [1.165, 1.54) is 13.3 Å². The molecular weight excluding hydrogens is 426 g/mol. The van der Waals surface area contributed by atoms with Crippen LogP contribution in [0.4, 0.5) is 8.78 Å². The summed E-state index contributed by atoms with van der Waals surface area (Å²) < 4.78 is 32.1. The van der Waals surface area contributed by atoms with Gasteiger partial charge in [0.2, 0.25) is 11.8 Å². The van der Waals surface area contributed by atoms with Gasteiger partial charge in [-0.05, 0) is 42.4 Å². The van der Waals surface area contributed by atoms with Gasteiger partial charge in [-0.2, -0.15) is 0 Å². The van der Waals surface area contributed by atoms with Crippen molar-refractivity contribution in [2.24, 2.45) is 5.92 Å². The molecule has 1 heterocycles. The van der Waals surface area contributed by atoms with E-state index in [1.807, 2.05) is 36.4 Å². The van der Waals surface area contributed by atoms with E-state index in [4.69, 9.17) is 4.74 Å². The van der Waals surface area contributed by atoms with Crippen LogP contribution >= 0.6 is 0 Å². The van der Waals surface area contributed by atoms with Crippen LogP contribution in [0.3, 0.4) is 0 Å². The number of rotatable bonds is 9. The predicted molar refractivity (Wildman–Crippen MR) is 124 cm³/mol. The van der Waals surface area contributed by atoms with Crippen molar-refractivity contribution in [3.05, 3.63) is 65.0 Å². The van der Waals surface area contributed by atoms with Crippen LogP contribution in [0.5, 0.6) is 5.75 Å². The molecule has 1 saturated carbocycles. The lowest BCUT2D eigenvalue weighted by Gasteiger charge is -2.26. The number of carbonyl (C=O) groups excluding carboxylic acids is 2. The Balaban J connectivity index is 1.64. The van der Waals surface area contributed by atoms with Gasteiger partial charge in [-0.1, -0.05) is 36.4 Å². The third-order valence-electron chi connectivity index (χ3n) is 5.99. The molecule has 0 bridgehead atoms. The Morgan fingerprint density at radius 1 is 1.21 bits per heavy atom. The average Bonchev–Trinajstić information content (AvgIpc) is 2.81. The van der Waals surface area contributed by atoms with Crippen molar-refractivity contribution < 1.29 is 23.1 Å². The summed E-state index contributed by atoms with van der Waals surface area (Å²) in [6.07, 6.45) is 7.11. The van der Waals surface area contributed by atoms with Crippen LogP contribution < -0.4 is 10.1 Å². The summed E-state index contributed by atoms with van der Waals surface area (Å²) in [6.45, 7) is 0. The zero-order valence-corrected chi connectivity index (χ0v) is 19.1. The fourth-order valence-corrected chi connectivity index (χ4v) is 3.96. The molecule has 0 aliphatic heterocycles. The molecule has 1 amide bonds. The number of allylic oxidation sites excluding steroid dienone is 1. The number of amides is 1. The molecule has 0 atom stereocenters. The number of aromatic nitrogens is 1. The molecule has 5 nitrogen and oxygen atoms in total. The summed E-state index contributed by atoms with van der Waals surface area (Å²) in [5.41, 5.74) is 2.93. The number of pyridine rings is 1. The zero-order valence-electron chi connectivity index (χ0n) is 19.1. The Kier molecular flexibility index (Phi) is 8.31. The van der Waals surface area contributed by atoms with Gasteiger partial charge in [0.1, 0.15) is 11.4 Å². The Labute approximate surface area is 193 Å². The molecular formula is C26H30F2N2O3. The van der Waals surface area contributed by atoms with E-state index in [0.29, 0.717) is 42.7 Å². The van der Waals surface area contributed by atoms with Gasteiger partial charge in [0.15, 0.2) is 5.78 Å². The number of ketones is 1. The molecule has 1 aliphatic carbocycles. The van der Waals surface area contributed by atoms with E-state index in [9.17, 15) is 18.4 Å². The molecule has 0 saturated heterocycles. The fourth-order valence-electron chi connectivity index (χ4n) is 3.96. The molecule has 3 rings (SSSR count). The molecule has 0 spiro atoms. The quantitative estimate of drug-likeness (QED) is 0.537. The number of hydrogen-bond acceptors (Lipinski definition) is 4. The van der Waals surface area contributed by atoms with E-state index in [0.717, 1.165) is 11.1 Å². The first-order valence-corrected chi connectivity index (χ1v) is 11.2. The highest BCUT2D eigenvalue weighted by atomic mass is 19.3. The van der Waals surface area contributed by atoms with Gasteiger partial charge in [-0.15, -0.1) is 0 Å². The standard InChI is InChI=1S/C26H30F2N2O3/c1-29-25(32)15-20-5-3-4-19(14-20)7-9-23(31)22-16-21(24(33-2)17-30-22)8-6-18-10-12-26(27,28)13-11-18/h3-6,8,14,16-18H,7,9-13,15H2,1-2H3,(H,29,32)/b8-6+. The first-order valence-electron chi connectivity index (χ1n) is 11.2. The Morgan fingerprint density at radius 3 is 2.64 bits per heavy atom. The molecule has 176 valence electrons. The van der Waals surface area contributed by atoms with Crippen LogP contribution in [0, 0.1) is 5.92 Å². The largest absolute Gasteiger partial charge is 0.495 e. The number of nitrogens with zero attached hydrogens (tertiary/aromatic N) is 1. The van der Waals surface area contributed by atoms with Crippen LogP contribution in [0.1, 0.15) is 59.3 Å². The minimum Gasteiger partial charge on any atom is -0.495 e. The van der Waals surface area contributed by atoms with E-state index >= 15 is 0 Å². The van der Waals surface area contributed by atoms with Crippen molar-refractivity contribution in [2.75, 3.05) is 14.2 Å². The molecule has 1 fully saturated rings. The second kappa shape index (κ2) is 11.2. The van der Waals surface area contributed by atoms with E-state index < -0.39 is 5.92 Å². The lowest BCUT2D eigenvalue weighted by molar-refractivity contribution is -0.119. The van der Waals surface area contributed by atoms with Gasteiger partial charge < -0.3 is 10.1 Å². The Morgan fingerprint density at radius 2 is 1.94 bits per heavy atom. The minimum absolute atomic E-state index is 0.0619. The number of benzene rings is 1. The van der Waals surface area contributed by atoms with E-state index in [-0.39, 0.29) is 36.9 Å².